The Morgan fingerprint density at radius 2 is 1.78 bits per heavy atom. The Balaban J connectivity index is 2.93. The summed E-state index contributed by atoms with van der Waals surface area (Å²) in [5, 5.41) is 20.1. The Morgan fingerprint density at radius 1 is 1.22 bits per heavy atom. The number of aliphatic carboxylic acids is 1. The standard InChI is InChI=1S/C17H24ClNO4/c1-4-19(16(21)15(20)9-11(2)3)14(17(22)23)10-12-5-7-13(18)8-6-12/h5-8,11,14-15,20H,4,9-10H2,1-3H3,(H,22,23)/t14-,15-/m0/s1. The summed E-state index contributed by atoms with van der Waals surface area (Å²) in [5.74, 6) is -1.48. The lowest BCUT2D eigenvalue weighted by Gasteiger charge is -2.30. The molecule has 0 saturated carbocycles. The molecular formula is C17H24ClNO4. The predicted molar refractivity (Wildman–Crippen MR) is 89.4 cm³/mol. The Hall–Kier alpha value is -1.59. The molecule has 1 aromatic carbocycles. The van der Waals surface area contributed by atoms with Crippen molar-refractivity contribution in [2.24, 2.45) is 5.92 Å². The monoisotopic (exact) mass is 341 g/mol. The molecule has 6 heteroatoms. The van der Waals surface area contributed by atoms with E-state index in [-0.39, 0.29) is 18.9 Å². The van der Waals surface area contributed by atoms with E-state index < -0.39 is 24.0 Å². The Morgan fingerprint density at radius 3 is 2.22 bits per heavy atom. The Kier molecular flexibility index (Phi) is 7.52. The van der Waals surface area contributed by atoms with Gasteiger partial charge in [0.2, 0.25) is 0 Å². The summed E-state index contributed by atoms with van der Waals surface area (Å²) in [4.78, 5) is 25.2. The number of carboxylic acids is 1. The molecule has 1 aromatic rings. The van der Waals surface area contributed by atoms with Gasteiger partial charge in [-0.2, -0.15) is 0 Å². The number of nitrogens with zero attached hydrogens (tertiary/aromatic N) is 1. The number of rotatable bonds is 8. The van der Waals surface area contributed by atoms with Gasteiger partial charge in [-0.3, -0.25) is 4.79 Å². The predicted octanol–water partition coefficient (Wildman–Crippen LogP) is 2.59. The van der Waals surface area contributed by atoms with Gasteiger partial charge in [0, 0.05) is 18.0 Å². The van der Waals surface area contributed by atoms with Crippen LogP contribution in [-0.4, -0.2) is 45.7 Å². The maximum absolute atomic E-state index is 12.4. The maximum atomic E-state index is 12.4. The SMILES string of the molecule is CCN(C(=O)[C@@H](O)CC(C)C)[C@@H](Cc1ccc(Cl)cc1)C(=O)O. The van der Waals surface area contributed by atoms with Gasteiger partial charge in [0.05, 0.1) is 0 Å². The van der Waals surface area contributed by atoms with E-state index in [1.807, 2.05) is 13.8 Å². The van der Waals surface area contributed by atoms with Crippen LogP contribution in [0.1, 0.15) is 32.8 Å². The van der Waals surface area contributed by atoms with Crippen LogP contribution in [-0.2, 0) is 16.0 Å². The quantitative estimate of drug-likeness (QED) is 0.761. The second kappa shape index (κ2) is 8.89. The van der Waals surface area contributed by atoms with Crippen LogP contribution in [0.15, 0.2) is 24.3 Å². The van der Waals surface area contributed by atoms with Gasteiger partial charge in [-0.1, -0.05) is 37.6 Å². The van der Waals surface area contributed by atoms with E-state index in [0.717, 1.165) is 5.56 Å². The van der Waals surface area contributed by atoms with E-state index >= 15 is 0 Å². The third kappa shape index (κ3) is 5.84. The molecule has 5 nitrogen and oxygen atoms in total. The maximum Gasteiger partial charge on any atom is 0.326 e. The van der Waals surface area contributed by atoms with Gasteiger partial charge in [0.25, 0.3) is 5.91 Å². The fourth-order valence-electron chi connectivity index (χ4n) is 2.44. The van der Waals surface area contributed by atoms with Gasteiger partial charge in [-0.15, -0.1) is 0 Å². The van der Waals surface area contributed by atoms with E-state index in [2.05, 4.69) is 0 Å². The number of likely N-dealkylation sites (N-methyl/N-ethyl adjacent to an activating group) is 1. The zero-order chi connectivity index (χ0) is 17.6. The number of carbonyl (C=O) groups excluding carboxylic acids is 1. The molecule has 2 atom stereocenters. The molecule has 0 spiro atoms. The molecule has 0 aliphatic heterocycles. The topological polar surface area (TPSA) is 77.8 Å². The first-order valence-corrected chi connectivity index (χ1v) is 8.09. The van der Waals surface area contributed by atoms with Crippen LogP contribution < -0.4 is 0 Å². The molecule has 0 aromatic heterocycles. The molecule has 0 heterocycles. The van der Waals surface area contributed by atoms with Crippen LogP contribution >= 0.6 is 11.6 Å². The molecule has 0 fully saturated rings. The number of aliphatic hydroxyl groups excluding tert-OH is 1. The molecule has 128 valence electrons. The minimum Gasteiger partial charge on any atom is -0.480 e. The van der Waals surface area contributed by atoms with Crippen molar-refractivity contribution in [3.63, 3.8) is 0 Å². The molecule has 2 N–H and O–H groups in total. The normalized spacial score (nSPS) is 13.7. The van der Waals surface area contributed by atoms with Gasteiger partial charge in [0.1, 0.15) is 12.1 Å². The van der Waals surface area contributed by atoms with Crippen molar-refractivity contribution in [1.29, 1.82) is 0 Å². The van der Waals surface area contributed by atoms with Crippen LogP contribution in [0.3, 0.4) is 0 Å². The minimum atomic E-state index is -1.18. The van der Waals surface area contributed by atoms with E-state index in [9.17, 15) is 19.8 Å². The van der Waals surface area contributed by atoms with Crippen molar-refractivity contribution in [3.8, 4) is 0 Å². The van der Waals surface area contributed by atoms with Crippen molar-refractivity contribution in [2.75, 3.05) is 6.54 Å². The molecule has 1 rings (SSSR count). The molecule has 1 amide bonds. The first-order valence-electron chi connectivity index (χ1n) is 7.72. The third-order valence-electron chi connectivity index (χ3n) is 3.61. The fourth-order valence-corrected chi connectivity index (χ4v) is 2.57. The second-order valence-electron chi connectivity index (χ2n) is 5.95. The van der Waals surface area contributed by atoms with Crippen molar-refractivity contribution in [3.05, 3.63) is 34.9 Å². The highest BCUT2D eigenvalue weighted by Gasteiger charge is 2.32. The summed E-state index contributed by atoms with van der Waals surface area (Å²) in [6, 6.07) is 5.82. The molecule has 0 bridgehead atoms. The minimum absolute atomic E-state index is 0.146. The number of benzene rings is 1. The smallest absolute Gasteiger partial charge is 0.326 e. The number of aliphatic hydroxyl groups is 1. The van der Waals surface area contributed by atoms with Crippen LogP contribution in [0.4, 0.5) is 0 Å². The van der Waals surface area contributed by atoms with Crippen molar-refractivity contribution >= 4 is 23.5 Å². The number of hydrogen-bond donors (Lipinski definition) is 2. The average Bonchev–Trinajstić information content (AvgIpc) is 2.47. The van der Waals surface area contributed by atoms with E-state index in [4.69, 9.17) is 11.6 Å². The summed E-state index contributed by atoms with van der Waals surface area (Å²) >= 11 is 5.83. The third-order valence-corrected chi connectivity index (χ3v) is 3.86. The van der Waals surface area contributed by atoms with Crippen LogP contribution in [0.2, 0.25) is 5.02 Å². The average molecular weight is 342 g/mol. The number of hydrogen-bond acceptors (Lipinski definition) is 3. The van der Waals surface area contributed by atoms with E-state index in [1.54, 1.807) is 31.2 Å². The van der Waals surface area contributed by atoms with Crippen molar-refractivity contribution in [2.45, 2.75) is 45.8 Å². The van der Waals surface area contributed by atoms with Gasteiger partial charge >= 0.3 is 5.97 Å². The summed E-state index contributed by atoms with van der Waals surface area (Å²) in [7, 11) is 0. The lowest BCUT2D eigenvalue weighted by molar-refractivity contribution is -0.154. The molecule has 0 aliphatic carbocycles. The molecule has 0 radical (unpaired) electrons. The highest BCUT2D eigenvalue weighted by Crippen LogP contribution is 2.16. The number of carbonyl (C=O) groups is 2. The van der Waals surface area contributed by atoms with Gasteiger partial charge in [0.15, 0.2) is 0 Å². The van der Waals surface area contributed by atoms with E-state index in [0.29, 0.717) is 11.4 Å². The summed E-state index contributed by atoms with van der Waals surface area (Å²) in [6.45, 7) is 5.72. The summed E-state index contributed by atoms with van der Waals surface area (Å²) < 4.78 is 0. The fraction of sp³-hybridized carbons (Fsp3) is 0.529. The lowest BCUT2D eigenvalue weighted by Crippen LogP contribution is -2.50. The number of halogens is 1. The zero-order valence-corrected chi connectivity index (χ0v) is 14.5. The molecule has 0 unspecified atom stereocenters. The van der Waals surface area contributed by atoms with Crippen molar-refractivity contribution in [1.82, 2.24) is 4.90 Å². The van der Waals surface area contributed by atoms with Crippen molar-refractivity contribution < 1.29 is 19.8 Å². The van der Waals surface area contributed by atoms with Crippen LogP contribution in [0.25, 0.3) is 0 Å². The van der Waals surface area contributed by atoms with Gasteiger partial charge in [-0.25, -0.2) is 4.79 Å². The zero-order valence-electron chi connectivity index (χ0n) is 13.7. The lowest BCUT2D eigenvalue weighted by atomic mass is 10.0. The molecule has 0 aliphatic rings. The van der Waals surface area contributed by atoms with Gasteiger partial charge < -0.3 is 15.1 Å². The van der Waals surface area contributed by atoms with E-state index in [1.165, 1.54) is 4.90 Å². The van der Waals surface area contributed by atoms with Crippen LogP contribution in [0.5, 0.6) is 0 Å². The largest absolute Gasteiger partial charge is 0.480 e. The Labute approximate surface area is 141 Å². The second-order valence-corrected chi connectivity index (χ2v) is 6.39. The summed E-state index contributed by atoms with van der Waals surface area (Å²) in [6.07, 6.45) is -0.703. The van der Waals surface area contributed by atoms with Crippen LogP contribution in [0, 0.1) is 5.92 Å². The highest BCUT2D eigenvalue weighted by molar-refractivity contribution is 6.30. The number of amides is 1. The molecule has 0 saturated heterocycles. The number of carboxylic acid groups (broad SMARTS) is 1. The first kappa shape index (κ1) is 19.5. The Bertz CT molecular complexity index is 530. The highest BCUT2D eigenvalue weighted by atomic mass is 35.5. The molecular weight excluding hydrogens is 318 g/mol. The first-order chi connectivity index (χ1) is 10.8. The van der Waals surface area contributed by atoms with Gasteiger partial charge in [-0.05, 0) is 37.0 Å². The molecule has 23 heavy (non-hydrogen) atoms. The summed E-state index contributed by atoms with van der Waals surface area (Å²) in [5.41, 5.74) is 0.770.